The second-order valence-electron chi connectivity index (χ2n) is 9.69. The molecule has 0 radical (unpaired) electrons. The zero-order valence-corrected chi connectivity index (χ0v) is 21.6. The van der Waals surface area contributed by atoms with Crippen molar-refractivity contribution in [1.82, 2.24) is 19.7 Å². The van der Waals surface area contributed by atoms with Gasteiger partial charge >= 0.3 is 5.97 Å². The summed E-state index contributed by atoms with van der Waals surface area (Å²) in [4.78, 5) is 30.5. The van der Waals surface area contributed by atoms with Gasteiger partial charge in [0.25, 0.3) is 5.91 Å². The van der Waals surface area contributed by atoms with Crippen LogP contribution < -0.4 is 10.1 Å². The number of pyridine rings is 1. The molecule has 1 aliphatic heterocycles. The lowest BCUT2D eigenvalue weighted by molar-refractivity contribution is -0.137. The zero-order valence-electron chi connectivity index (χ0n) is 21.6. The monoisotopic (exact) mass is 513 g/mol. The lowest BCUT2D eigenvalue weighted by Gasteiger charge is -2.19. The summed E-state index contributed by atoms with van der Waals surface area (Å²) in [5.74, 6) is 0.598. The number of carbonyl (C=O) groups is 2. The van der Waals surface area contributed by atoms with Crippen molar-refractivity contribution in [1.29, 1.82) is 0 Å². The molecule has 2 aromatic heterocycles. The summed E-state index contributed by atoms with van der Waals surface area (Å²) in [6, 6.07) is 16.4. The number of amides is 1. The largest absolute Gasteiger partial charge is 0.493 e. The maximum atomic E-state index is 12.5. The summed E-state index contributed by atoms with van der Waals surface area (Å²) in [5.41, 5.74) is 4.24. The molecule has 2 aromatic carbocycles. The predicted molar refractivity (Wildman–Crippen MR) is 145 cm³/mol. The molecule has 0 saturated heterocycles. The number of hydrogen-bond acceptors (Lipinski definition) is 6. The number of aryl methyl sites for hydroxylation is 1. The lowest BCUT2D eigenvalue weighted by Crippen LogP contribution is -2.22. The quantitative estimate of drug-likeness (QED) is 0.346. The number of nitrogens with one attached hydrogen (secondary N) is 1. The highest BCUT2D eigenvalue weighted by Crippen LogP contribution is 2.29. The van der Waals surface area contributed by atoms with Gasteiger partial charge in [-0.25, -0.2) is 4.98 Å². The van der Waals surface area contributed by atoms with Crippen molar-refractivity contribution in [2.24, 2.45) is 0 Å². The highest BCUT2D eigenvalue weighted by Gasteiger charge is 2.22. The molecule has 0 saturated carbocycles. The SMILES string of the molecule is CN(C)C(=O)c1cccc(C(CC(=O)O)n2ncc3cc(OCCc4ccc5c(n4)NCCC5)ccc32)c1. The minimum atomic E-state index is -0.950. The van der Waals surface area contributed by atoms with Crippen LogP contribution in [0.5, 0.6) is 5.75 Å². The summed E-state index contributed by atoms with van der Waals surface area (Å²) in [5, 5.41) is 18.4. The van der Waals surface area contributed by atoms with Gasteiger partial charge in [-0.1, -0.05) is 18.2 Å². The fraction of sp³-hybridized carbons (Fsp3) is 0.310. The summed E-state index contributed by atoms with van der Waals surface area (Å²) in [7, 11) is 3.37. The average molecular weight is 514 g/mol. The van der Waals surface area contributed by atoms with E-state index < -0.39 is 12.0 Å². The highest BCUT2D eigenvalue weighted by atomic mass is 16.5. The molecule has 1 atom stereocenters. The third-order valence-corrected chi connectivity index (χ3v) is 6.73. The molecule has 1 unspecified atom stereocenters. The minimum absolute atomic E-state index is 0.144. The topological polar surface area (TPSA) is 110 Å². The fourth-order valence-electron chi connectivity index (χ4n) is 4.80. The van der Waals surface area contributed by atoms with Crippen LogP contribution in [0.2, 0.25) is 0 Å². The van der Waals surface area contributed by atoms with Crippen molar-refractivity contribution >= 4 is 28.6 Å². The molecule has 0 spiro atoms. The number of ether oxygens (including phenoxy) is 1. The van der Waals surface area contributed by atoms with Crippen LogP contribution in [0.4, 0.5) is 5.82 Å². The van der Waals surface area contributed by atoms with Crippen LogP contribution in [-0.4, -0.2) is 63.9 Å². The zero-order chi connectivity index (χ0) is 26.6. The Morgan fingerprint density at radius 3 is 2.84 bits per heavy atom. The number of aromatic nitrogens is 3. The lowest BCUT2D eigenvalue weighted by atomic mass is 10.0. The smallest absolute Gasteiger partial charge is 0.305 e. The van der Waals surface area contributed by atoms with Gasteiger partial charge in [-0.15, -0.1) is 0 Å². The molecule has 0 aliphatic carbocycles. The number of carboxylic acids is 1. The fourth-order valence-corrected chi connectivity index (χ4v) is 4.80. The Morgan fingerprint density at radius 1 is 1.16 bits per heavy atom. The molecule has 9 heteroatoms. The van der Waals surface area contributed by atoms with E-state index in [1.165, 1.54) is 10.5 Å². The standard InChI is InChI=1S/C29H31N5O4/c1-33(2)29(37)21-6-3-5-20(15-21)26(17-27(35)36)34-25-11-10-24(16-22(25)18-31-34)38-14-12-23-9-8-19-7-4-13-30-28(19)32-23/h3,5-6,8-11,15-16,18,26H,4,7,12-14,17H2,1-2H3,(H,30,32)(H,35,36). The van der Waals surface area contributed by atoms with E-state index in [1.807, 2.05) is 24.3 Å². The van der Waals surface area contributed by atoms with Gasteiger partial charge in [0, 0.05) is 43.7 Å². The van der Waals surface area contributed by atoms with Gasteiger partial charge in [-0.3, -0.25) is 14.3 Å². The number of rotatable bonds is 9. The van der Waals surface area contributed by atoms with Gasteiger partial charge in [-0.05, 0) is 60.4 Å². The van der Waals surface area contributed by atoms with Crippen LogP contribution in [-0.2, 0) is 17.6 Å². The first-order chi connectivity index (χ1) is 18.4. The number of aliphatic carboxylic acids is 1. The van der Waals surface area contributed by atoms with Crippen molar-refractivity contribution in [3.05, 3.63) is 83.2 Å². The molecular formula is C29H31N5O4. The number of nitrogens with zero attached hydrogens (tertiary/aromatic N) is 4. The Kier molecular flexibility index (Phi) is 7.26. The molecule has 38 heavy (non-hydrogen) atoms. The van der Waals surface area contributed by atoms with Crippen LogP contribution in [0.25, 0.3) is 10.9 Å². The van der Waals surface area contributed by atoms with Crippen molar-refractivity contribution in [3.8, 4) is 5.75 Å². The third kappa shape index (κ3) is 5.46. The number of fused-ring (bicyclic) bond motifs is 2. The number of benzene rings is 2. The number of anilines is 1. The second-order valence-corrected chi connectivity index (χ2v) is 9.69. The van der Waals surface area contributed by atoms with Crippen molar-refractivity contribution in [2.75, 3.05) is 32.6 Å². The van der Waals surface area contributed by atoms with Crippen LogP contribution in [0.1, 0.15) is 46.1 Å². The molecule has 5 rings (SSSR count). The molecule has 9 nitrogen and oxygen atoms in total. The third-order valence-electron chi connectivity index (χ3n) is 6.73. The van der Waals surface area contributed by atoms with Gasteiger partial charge < -0.3 is 20.1 Å². The summed E-state index contributed by atoms with van der Waals surface area (Å²) < 4.78 is 7.72. The number of hydrogen-bond donors (Lipinski definition) is 2. The Balaban J connectivity index is 1.33. The molecule has 0 bridgehead atoms. The van der Waals surface area contributed by atoms with Crippen LogP contribution >= 0.6 is 0 Å². The number of carboxylic acid groups (broad SMARTS) is 1. The summed E-state index contributed by atoms with van der Waals surface area (Å²) in [6.07, 6.45) is 4.43. The molecule has 1 amide bonds. The number of carbonyl (C=O) groups excluding carboxylic acids is 1. The minimum Gasteiger partial charge on any atom is -0.493 e. The van der Waals surface area contributed by atoms with E-state index in [1.54, 1.807) is 43.2 Å². The van der Waals surface area contributed by atoms with Crippen LogP contribution in [0.3, 0.4) is 0 Å². The predicted octanol–water partition coefficient (Wildman–Crippen LogP) is 4.18. The van der Waals surface area contributed by atoms with Gasteiger partial charge in [-0.2, -0.15) is 5.10 Å². The Bertz CT molecular complexity index is 1480. The Hall–Kier alpha value is -4.40. The highest BCUT2D eigenvalue weighted by molar-refractivity contribution is 5.94. The first kappa shape index (κ1) is 25.3. The first-order valence-corrected chi connectivity index (χ1v) is 12.7. The van der Waals surface area contributed by atoms with E-state index >= 15 is 0 Å². The molecule has 2 N–H and O–H groups in total. The Labute approximate surface area is 221 Å². The summed E-state index contributed by atoms with van der Waals surface area (Å²) in [6.45, 7) is 1.44. The van der Waals surface area contributed by atoms with Gasteiger partial charge in [0.15, 0.2) is 0 Å². The summed E-state index contributed by atoms with van der Waals surface area (Å²) >= 11 is 0. The van der Waals surface area contributed by atoms with E-state index in [2.05, 4.69) is 22.5 Å². The van der Waals surface area contributed by atoms with Crippen molar-refractivity contribution in [2.45, 2.75) is 31.7 Å². The second kappa shape index (κ2) is 10.9. The Morgan fingerprint density at radius 2 is 2.03 bits per heavy atom. The van der Waals surface area contributed by atoms with Crippen LogP contribution in [0, 0.1) is 0 Å². The molecular weight excluding hydrogens is 482 g/mol. The first-order valence-electron chi connectivity index (χ1n) is 12.7. The van der Waals surface area contributed by atoms with Gasteiger partial charge in [0.2, 0.25) is 0 Å². The molecule has 1 aliphatic rings. The average Bonchev–Trinajstić information content (AvgIpc) is 3.34. The van der Waals surface area contributed by atoms with Crippen LogP contribution in [0.15, 0.2) is 60.8 Å². The van der Waals surface area contributed by atoms with E-state index in [4.69, 9.17) is 9.72 Å². The normalized spacial score (nSPS) is 13.4. The molecule has 3 heterocycles. The maximum absolute atomic E-state index is 12.5. The maximum Gasteiger partial charge on any atom is 0.305 e. The molecule has 0 fully saturated rings. The molecule has 196 valence electrons. The van der Waals surface area contributed by atoms with Crippen molar-refractivity contribution < 1.29 is 19.4 Å². The molecule has 4 aromatic rings. The van der Waals surface area contributed by atoms with E-state index in [-0.39, 0.29) is 12.3 Å². The van der Waals surface area contributed by atoms with Gasteiger partial charge in [0.05, 0.1) is 30.8 Å². The van der Waals surface area contributed by atoms with Gasteiger partial charge in [0.1, 0.15) is 11.6 Å². The van der Waals surface area contributed by atoms with E-state index in [0.717, 1.165) is 41.8 Å². The van der Waals surface area contributed by atoms with Crippen molar-refractivity contribution in [3.63, 3.8) is 0 Å². The van der Waals surface area contributed by atoms with E-state index in [0.29, 0.717) is 29.9 Å². The van der Waals surface area contributed by atoms with E-state index in [9.17, 15) is 14.7 Å².